The third-order valence-electron chi connectivity index (χ3n) is 2.71. The van der Waals surface area contributed by atoms with Gasteiger partial charge in [-0.05, 0) is 44.5 Å². The molecule has 4 heteroatoms. The van der Waals surface area contributed by atoms with Gasteiger partial charge in [0.15, 0.2) is 0 Å². The first-order valence-electron chi connectivity index (χ1n) is 5.73. The molecule has 1 rings (SSSR count). The van der Waals surface area contributed by atoms with Crippen LogP contribution in [0.15, 0.2) is 12.1 Å². The molecule has 0 aromatic heterocycles. The molecule has 0 saturated carbocycles. The van der Waals surface area contributed by atoms with Crippen molar-refractivity contribution in [3.63, 3.8) is 0 Å². The summed E-state index contributed by atoms with van der Waals surface area (Å²) in [4.78, 5) is 11.5. The van der Waals surface area contributed by atoms with Crippen LogP contribution in [0.25, 0.3) is 0 Å². The van der Waals surface area contributed by atoms with Crippen molar-refractivity contribution in [3.05, 3.63) is 28.8 Å². The van der Waals surface area contributed by atoms with Crippen LogP contribution in [0, 0.1) is 20.8 Å². The molecule has 0 bridgehead atoms. The predicted octanol–water partition coefficient (Wildman–Crippen LogP) is 1.92. The lowest BCUT2D eigenvalue weighted by atomic mass is 10.1. The van der Waals surface area contributed by atoms with E-state index in [4.69, 9.17) is 4.74 Å². The van der Waals surface area contributed by atoms with Crippen molar-refractivity contribution in [2.75, 3.05) is 20.1 Å². The molecule has 0 atom stereocenters. The summed E-state index contributed by atoms with van der Waals surface area (Å²) in [6, 6.07) is 3.98. The largest absolute Gasteiger partial charge is 0.412 e. The smallest absolute Gasteiger partial charge is 0.410 e. The molecular weight excluding hydrogens is 216 g/mol. The minimum Gasteiger partial charge on any atom is -0.410 e. The zero-order chi connectivity index (χ0) is 12.8. The average molecular weight is 236 g/mol. The van der Waals surface area contributed by atoms with Gasteiger partial charge in [-0.15, -0.1) is 0 Å². The van der Waals surface area contributed by atoms with Crippen LogP contribution in [0.2, 0.25) is 0 Å². The Bertz CT molecular complexity index is 403. The molecule has 0 unspecified atom stereocenters. The molecule has 0 spiro atoms. The average Bonchev–Trinajstić information content (AvgIpc) is 2.30. The highest BCUT2D eigenvalue weighted by Crippen LogP contribution is 2.25. The van der Waals surface area contributed by atoms with Gasteiger partial charge in [0.1, 0.15) is 5.75 Å². The summed E-state index contributed by atoms with van der Waals surface area (Å²) in [5, 5.41) is 5.63. The maximum atomic E-state index is 11.5. The molecular formula is C13H20N2O2. The predicted molar refractivity (Wildman–Crippen MR) is 68.6 cm³/mol. The monoisotopic (exact) mass is 236 g/mol. The number of amides is 1. The number of aryl methyl sites for hydroxylation is 2. The minimum absolute atomic E-state index is 0.406. The third-order valence-corrected chi connectivity index (χ3v) is 2.71. The van der Waals surface area contributed by atoms with Crippen LogP contribution in [-0.2, 0) is 0 Å². The van der Waals surface area contributed by atoms with Crippen molar-refractivity contribution in [1.29, 1.82) is 0 Å². The van der Waals surface area contributed by atoms with Gasteiger partial charge in [0, 0.05) is 13.1 Å². The van der Waals surface area contributed by atoms with E-state index in [2.05, 4.69) is 10.6 Å². The number of hydrogen-bond acceptors (Lipinski definition) is 3. The number of hydrogen-bond donors (Lipinski definition) is 2. The number of ether oxygens (including phenoxy) is 1. The van der Waals surface area contributed by atoms with Crippen molar-refractivity contribution >= 4 is 6.09 Å². The first kappa shape index (κ1) is 13.5. The van der Waals surface area contributed by atoms with Crippen LogP contribution in [0.3, 0.4) is 0 Å². The fraction of sp³-hybridized carbons (Fsp3) is 0.462. The highest BCUT2D eigenvalue weighted by Gasteiger charge is 2.10. The van der Waals surface area contributed by atoms with E-state index in [9.17, 15) is 4.79 Å². The zero-order valence-corrected chi connectivity index (χ0v) is 10.9. The fourth-order valence-electron chi connectivity index (χ4n) is 1.50. The zero-order valence-electron chi connectivity index (χ0n) is 10.9. The van der Waals surface area contributed by atoms with E-state index in [1.807, 2.05) is 40.0 Å². The van der Waals surface area contributed by atoms with Crippen molar-refractivity contribution in [1.82, 2.24) is 10.6 Å². The summed E-state index contributed by atoms with van der Waals surface area (Å²) in [7, 11) is 1.84. The molecule has 2 N–H and O–H groups in total. The molecule has 0 fully saturated rings. The van der Waals surface area contributed by atoms with E-state index in [0.717, 1.165) is 23.2 Å². The molecule has 0 heterocycles. The van der Waals surface area contributed by atoms with Gasteiger partial charge >= 0.3 is 6.09 Å². The van der Waals surface area contributed by atoms with E-state index >= 15 is 0 Å². The van der Waals surface area contributed by atoms with E-state index < -0.39 is 6.09 Å². The molecule has 0 aliphatic rings. The standard InChI is InChI=1S/C13H20N2O2/c1-9-5-6-10(2)12(11(9)3)17-13(16)15-8-7-14-4/h5-6,14H,7-8H2,1-4H3,(H,15,16). The second-order valence-corrected chi connectivity index (χ2v) is 4.07. The first-order valence-corrected chi connectivity index (χ1v) is 5.73. The Hall–Kier alpha value is -1.55. The van der Waals surface area contributed by atoms with E-state index in [1.165, 1.54) is 0 Å². The van der Waals surface area contributed by atoms with Crippen molar-refractivity contribution in [2.45, 2.75) is 20.8 Å². The number of carbonyl (C=O) groups excluding carboxylic acids is 1. The van der Waals surface area contributed by atoms with Gasteiger partial charge in [-0.3, -0.25) is 0 Å². The highest BCUT2D eigenvalue weighted by molar-refractivity contribution is 5.71. The van der Waals surface area contributed by atoms with Crippen LogP contribution in [0.5, 0.6) is 5.75 Å². The molecule has 1 aromatic rings. The van der Waals surface area contributed by atoms with Gasteiger partial charge < -0.3 is 15.4 Å². The first-order chi connectivity index (χ1) is 8.06. The molecule has 94 valence electrons. The van der Waals surface area contributed by atoms with Crippen molar-refractivity contribution in [2.24, 2.45) is 0 Å². The Balaban J connectivity index is 2.68. The van der Waals surface area contributed by atoms with Crippen LogP contribution >= 0.6 is 0 Å². The number of likely N-dealkylation sites (N-methyl/N-ethyl adjacent to an activating group) is 1. The van der Waals surface area contributed by atoms with Gasteiger partial charge in [-0.1, -0.05) is 12.1 Å². The SMILES string of the molecule is CNCCNC(=O)Oc1c(C)ccc(C)c1C. The maximum Gasteiger partial charge on any atom is 0.412 e. The Morgan fingerprint density at radius 2 is 1.82 bits per heavy atom. The van der Waals surface area contributed by atoms with E-state index in [1.54, 1.807) is 0 Å². The number of benzene rings is 1. The molecule has 1 amide bonds. The number of carbonyl (C=O) groups is 1. The van der Waals surface area contributed by atoms with E-state index in [0.29, 0.717) is 12.3 Å². The number of rotatable bonds is 4. The second kappa shape index (κ2) is 6.25. The molecule has 1 aromatic carbocycles. The summed E-state index contributed by atoms with van der Waals surface area (Å²) >= 11 is 0. The molecule has 17 heavy (non-hydrogen) atoms. The van der Waals surface area contributed by atoms with Gasteiger partial charge in [-0.25, -0.2) is 4.79 Å². The molecule has 0 radical (unpaired) electrons. The third kappa shape index (κ3) is 3.75. The van der Waals surface area contributed by atoms with Crippen LogP contribution < -0.4 is 15.4 Å². The fourth-order valence-corrected chi connectivity index (χ4v) is 1.50. The molecule has 4 nitrogen and oxygen atoms in total. The Morgan fingerprint density at radius 1 is 1.18 bits per heavy atom. The Labute approximate surface area is 102 Å². The summed E-state index contributed by atoms with van der Waals surface area (Å²) in [6.07, 6.45) is -0.406. The van der Waals surface area contributed by atoms with Crippen molar-refractivity contribution in [3.8, 4) is 5.75 Å². The topological polar surface area (TPSA) is 50.4 Å². The van der Waals surface area contributed by atoms with Gasteiger partial charge in [0.05, 0.1) is 0 Å². The maximum absolute atomic E-state index is 11.5. The minimum atomic E-state index is -0.406. The molecule has 0 aliphatic heterocycles. The highest BCUT2D eigenvalue weighted by atomic mass is 16.6. The Kier molecular flexibility index (Phi) is 4.97. The Morgan fingerprint density at radius 3 is 2.47 bits per heavy atom. The van der Waals surface area contributed by atoms with Crippen molar-refractivity contribution < 1.29 is 9.53 Å². The second-order valence-electron chi connectivity index (χ2n) is 4.07. The summed E-state index contributed by atoms with van der Waals surface area (Å²) < 4.78 is 5.33. The molecule has 0 saturated heterocycles. The summed E-state index contributed by atoms with van der Waals surface area (Å²) in [5.41, 5.74) is 3.10. The van der Waals surface area contributed by atoms with Gasteiger partial charge in [0.25, 0.3) is 0 Å². The summed E-state index contributed by atoms with van der Waals surface area (Å²) in [5.74, 6) is 0.659. The lowest BCUT2D eigenvalue weighted by Gasteiger charge is -2.12. The molecule has 0 aliphatic carbocycles. The van der Waals surface area contributed by atoms with Gasteiger partial charge in [0.2, 0.25) is 0 Å². The van der Waals surface area contributed by atoms with E-state index in [-0.39, 0.29) is 0 Å². The number of nitrogens with one attached hydrogen (secondary N) is 2. The quantitative estimate of drug-likeness (QED) is 0.785. The lowest BCUT2D eigenvalue weighted by molar-refractivity contribution is 0.200. The van der Waals surface area contributed by atoms with Crippen LogP contribution in [0.4, 0.5) is 4.79 Å². The van der Waals surface area contributed by atoms with Crippen LogP contribution in [-0.4, -0.2) is 26.2 Å². The summed E-state index contributed by atoms with van der Waals surface area (Å²) in [6.45, 7) is 7.17. The lowest BCUT2D eigenvalue weighted by Crippen LogP contribution is -2.32. The normalized spacial score (nSPS) is 10.1. The van der Waals surface area contributed by atoms with Crippen LogP contribution in [0.1, 0.15) is 16.7 Å². The van der Waals surface area contributed by atoms with Gasteiger partial charge in [-0.2, -0.15) is 0 Å².